The van der Waals surface area contributed by atoms with Crippen LogP contribution in [-0.2, 0) is 23.8 Å². The maximum atomic E-state index is 10.9. The van der Waals surface area contributed by atoms with Gasteiger partial charge in [-0.1, -0.05) is 0 Å². The van der Waals surface area contributed by atoms with Crippen molar-refractivity contribution in [1.82, 2.24) is 0 Å². The van der Waals surface area contributed by atoms with E-state index in [1.54, 1.807) is 0 Å². The Hall–Kier alpha value is -1.40. The molecule has 78 valence electrons. The zero-order valence-corrected chi connectivity index (χ0v) is 7.34. The van der Waals surface area contributed by atoms with Crippen molar-refractivity contribution in [2.75, 3.05) is 19.8 Å². The smallest absolute Gasteiger partial charge is 0.333 e. The third-order valence-corrected chi connectivity index (χ3v) is 1.39. The summed E-state index contributed by atoms with van der Waals surface area (Å²) in [5, 5.41) is 8.22. The van der Waals surface area contributed by atoms with Crippen molar-refractivity contribution in [2.24, 2.45) is 0 Å². The third-order valence-electron chi connectivity index (χ3n) is 1.39. The molecule has 0 amide bonds. The highest BCUT2D eigenvalue weighted by molar-refractivity contribution is 5.90. The molecule has 1 atom stereocenters. The van der Waals surface area contributed by atoms with Gasteiger partial charge in [0.15, 0.2) is 0 Å². The molecule has 1 N–H and O–H groups in total. The summed E-state index contributed by atoms with van der Waals surface area (Å²) in [4.78, 5) is 21.0. The number of carbonyl (C=O) groups excluding carboxylic acids is 1. The number of rotatable bonds is 3. The van der Waals surface area contributed by atoms with Gasteiger partial charge in [-0.2, -0.15) is 0 Å². The van der Waals surface area contributed by atoms with Gasteiger partial charge in [0.1, 0.15) is 6.61 Å². The molecule has 0 spiro atoms. The van der Waals surface area contributed by atoms with Gasteiger partial charge < -0.3 is 19.3 Å². The second kappa shape index (κ2) is 5.36. The number of hydrogen-bond donors (Lipinski definition) is 1. The number of esters is 1. The Bertz CT molecular complexity index is 240. The third kappa shape index (κ3) is 4.01. The van der Waals surface area contributed by atoms with Crippen LogP contribution in [0, 0.1) is 0 Å². The lowest BCUT2D eigenvalue weighted by Gasteiger charge is -2.21. The Kier molecular flexibility index (Phi) is 4.09. The maximum absolute atomic E-state index is 10.9. The van der Waals surface area contributed by atoms with E-state index in [-0.39, 0.29) is 6.61 Å². The lowest BCUT2D eigenvalue weighted by atomic mass is 10.5. The first-order valence-corrected chi connectivity index (χ1v) is 3.99. The number of carboxylic acid groups (broad SMARTS) is 1. The maximum Gasteiger partial charge on any atom is 0.333 e. The minimum atomic E-state index is -1.21. The zero-order chi connectivity index (χ0) is 10.4. The molecule has 1 aliphatic heterocycles. The molecule has 1 rings (SSSR count). The summed E-state index contributed by atoms with van der Waals surface area (Å²) in [6.07, 6.45) is 0.779. The quantitative estimate of drug-likeness (QED) is 0.492. The first kappa shape index (κ1) is 10.7. The minimum absolute atomic E-state index is 0.173. The fourth-order valence-corrected chi connectivity index (χ4v) is 0.842. The molecule has 0 aromatic carbocycles. The Morgan fingerprint density at radius 2 is 2.14 bits per heavy atom. The fourth-order valence-electron chi connectivity index (χ4n) is 0.842. The largest absolute Gasteiger partial charge is 0.478 e. The first-order valence-electron chi connectivity index (χ1n) is 3.99. The average molecular weight is 202 g/mol. The molecular weight excluding hydrogens is 192 g/mol. The summed E-state index contributed by atoms with van der Waals surface area (Å²) < 4.78 is 14.7. The molecular formula is C8H10O6. The molecule has 0 aliphatic carbocycles. The van der Waals surface area contributed by atoms with Crippen LogP contribution in [0.4, 0.5) is 0 Å². The van der Waals surface area contributed by atoms with Crippen molar-refractivity contribution in [3.63, 3.8) is 0 Å². The van der Waals surface area contributed by atoms with E-state index in [0.29, 0.717) is 19.3 Å². The molecule has 1 aliphatic rings. The van der Waals surface area contributed by atoms with Crippen molar-refractivity contribution < 1.29 is 28.9 Å². The van der Waals surface area contributed by atoms with E-state index in [1.165, 1.54) is 0 Å². The summed E-state index contributed by atoms with van der Waals surface area (Å²) >= 11 is 0. The van der Waals surface area contributed by atoms with Crippen LogP contribution < -0.4 is 0 Å². The predicted molar refractivity (Wildman–Crippen MR) is 43.4 cm³/mol. The molecule has 0 aromatic rings. The normalized spacial score (nSPS) is 22.1. The van der Waals surface area contributed by atoms with E-state index in [9.17, 15) is 9.59 Å². The summed E-state index contributed by atoms with van der Waals surface area (Å²) in [5.41, 5.74) is 0. The van der Waals surface area contributed by atoms with Crippen molar-refractivity contribution in [3.8, 4) is 0 Å². The Labute approximate surface area is 80.1 Å². The van der Waals surface area contributed by atoms with E-state index in [1.807, 2.05) is 0 Å². The molecule has 1 fully saturated rings. The van der Waals surface area contributed by atoms with Crippen LogP contribution in [0.3, 0.4) is 0 Å². The Balaban J connectivity index is 2.28. The van der Waals surface area contributed by atoms with Crippen LogP contribution in [-0.4, -0.2) is 43.2 Å². The van der Waals surface area contributed by atoms with Crippen LogP contribution in [0.15, 0.2) is 12.2 Å². The molecule has 0 bridgehead atoms. The van der Waals surface area contributed by atoms with Gasteiger partial charge in [-0.15, -0.1) is 0 Å². The van der Waals surface area contributed by atoms with Gasteiger partial charge in [0.25, 0.3) is 0 Å². The highest BCUT2D eigenvalue weighted by atomic mass is 16.7. The fraction of sp³-hybridized carbons (Fsp3) is 0.500. The number of carboxylic acids is 1. The average Bonchev–Trinajstić information content (AvgIpc) is 2.16. The summed E-state index contributed by atoms with van der Waals surface area (Å²) in [7, 11) is 0. The minimum Gasteiger partial charge on any atom is -0.478 e. The molecule has 6 heteroatoms. The zero-order valence-electron chi connectivity index (χ0n) is 7.34. The molecule has 0 aromatic heterocycles. The molecule has 6 nitrogen and oxygen atoms in total. The highest BCUT2D eigenvalue weighted by Crippen LogP contribution is 2.02. The van der Waals surface area contributed by atoms with E-state index in [2.05, 4.69) is 0 Å². The van der Waals surface area contributed by atoms with Crippen LogP contribution in [0.2, 0.25) is 0 Å². The summed E-state index contributed by atoms with van der Waals surface area (Å²) in [6, 6.07) is 0. The van der Waals surface area contributed by atoms with Gasteiger partial charge in [0, 0.05) is 12.2 Å². The van der Waals surface area contributed by atoms with Crippen molar-refractivity contribution in [2.45, 2.75) is 6.29 Å². The second-order valence-corrected chi connectivity index (χ2v) is 2.48. The highest BCUT2D eigenvalue weighted by Gasteiger charge is 2.17. The number of carbonyl (C=O) groups is 2. The van der Waals surface area contributed by atoms with Gasteiger partial charge in [0.2, 0.25) is 6.29 Å². The van der Waals surface area contributed by atoms with Crippen LogP contribution >= 0.6 is 0 Å². The SMILES string of the molecule is O=C(O)/C=C\C(=O)OC1COCCO1. The van der Waals surface area contributed by atoms with Gasteiger partial charge in [-0.05, 0) is 0 Å². The number of ether oxygens (including phenoxy) is 3. The standard InChI is InChI=1S/C8H10O6/c9-6(10)1-2-7(11)14-8-5-12-3-4-13-8/h1-2,8H,3-5H2,(H,9,10)/b2-1-. The number of hydrogen-bond acceptors (Lipinski definition) is 5. The van der Waals surface area contributed by atoms with E-state index in [0.717, 1.165) is 6.08 Å². The molecule has 14 heavy (non-hydrogen) atoms. The molecule has 0 radical (unpaired) electrons. The van der Waals surface area contributed by atoms with Crippen LogP contribution in [0.25, 0.3) is 0 Å². The van der Waals surface area contributed by atoms with Crippen molar-refractivity contribution in [1.29, 1.82) is 0 Å². The lowest BCUT2D eigenvalue weighted by Crippen LogP contribution is -2.32. The Morgan fingerprint density at radius 1 is 1.36 bits per heavy atom. The van der Waals surface area contributed by atoms with E-state index in [4.69, 9.17) is 19.3 Å². The van der Waals surface area contributed by atoms with Gasteiger partial charge in [0.05, 0.1) is 13.2 Å². The van der Waals surface area contributed by atoms with Gasteiger partial charge in [-0.3, -0.25) is 0 Å². The Morgan fingerprint density at radius 3 is 2.71 bits per heavy atom. The lowest BCUT2D eigenvalue weighted by molar-refractivity contribution is -0.210. The van der Waals surface area contributed by atoms with Gasteiger partial charge >= 0.3 is 11.9 Å². The van der Waals surface area contributed by atoms with Crippen LogP contribution in [0.5, 0.6) is 0 Å². The monoisotopic (exact) mass is 202 g/mol. The molecule has 0 saturated carbocycles. The van der Waals surface area contributed by atoms with E-state index >= 15 is 0 Å². The van der Waals surface area contributed by atoms with Crippen molar-refractivity contribution >= 4 is 11.9 Å². The predicted octanol–water partition coefficient (Wildman–Crippen LogP) is -0.457. The van der Waals surface area contributed by atoms with Gasteiger partial charge in [-0.25, -0.2) is 9.59 Å². The topological polar surface area (TPSA) is 82.1 Å². The van der Waals surface area contributed by atoms with Crippen LogP contribution in [0.1, 0.15) is 0 Å². The first-order chi connectivity index (χ1) is 6.68. The molecule has 1 heterocycles. The van der Waals surface area contributed by atoms with Crippen molar-refractivity contribution in [3.05, 3.63) is 12.2 Å². The summed E-state index contributed by atoms with van der Waals surface area (Å²) in [6.45, 7) is 1.01. The summed E-state index contributed by atoms with van der Waals surface area (Å²) in [5.74, 6) is -1.97. The second-order valence-electron chi connectivity index (χ2n) is 2.48. The molecule has 1 saturated heterocycles. The van der Waals surface area contributed by atoms with E-state index < -0.39 is 18.2 Å². The molecule has 1 unspecified atom stereocenters. The number of aliphatic carboxylic acids is 1.